The lowest BCUT2D eigenvalue weighted by molar-refractivity contribution is 0.447. The number of phenolic OH excluding ortho intramolecular Hbond substituents is 2. The first-order valence-corrected chi connectivity index (χ1v) is 11.7. The average Bonchev–Trinajstić information content (AvgIpc) is 2.56. The Morgan fingerprint density at radius 1 is 1.04 bits per heavy atom. The van der Waals surface area contributed by atoms with Gasteiger partial charge < -0.3 is 19.1 Å². The van der Waals surface area contributed by atoms with Crippen molar-refractivity contribution in [3.63, 3.8) is 0 Å². The van der Waals surface area contributed by atoms with E-state index < -0.39 is 13.7 Å². The number of hydrogen-bond donors (Lipinski definition) is 2. The van der Waals surface area contributed by atoms with Crippen LogP contribution in [0.4, 0.5) is 0 Å². The van der Waals surface area contributed by atoms with E-state index in [2.05, 4.69) is 20.8 Å². The van der Waals surface area contributed by atoms with Crippen LogP contribution in [-0.4, -0.2) is 18.5 Å². The Kier molecular flexibility index (Phi) is 4.55. The zero-order chi connectivity index (χ0) is 20.0. The Morgan fingerprint density at radius 2 is 1.67 bits per heavy atom. The first-order chi connectivity index (χ1) is 12.5. The molecule has 3 aromatic rings. The molecule has 1 aromatic heterocycles. The first kappa shape index (κ1) is 19.0. The van der Waals surface area contributed by atoms with Gasteiger partial charge in [-0.2, -0.15) is 0 Å². The molecule has 0 unspecified atom stereocenters. The van der Waals surface area contributed by atoms with Crippen LogP contribution in [0.5, 0.6) is 17.2 Å². The second-order valence-electron chi connectivity index (χ2n) is 8.16. The molecule has 6 heteroatoms. The predicted molar refractivity (Wildman–Crippen MR) is 109 cm³/mol. The van der Waals surface area contributed by atoms with Gasteiger partial charge in [0.05, 0.1) is 0 Å². The van der Waals surface area contributed by atoms with Gasteiger partial charge in [0, 0.05) is 17.7 Å². The molecule has 0 bridgehead atoms. The van der Waals surface area contributed by atoms with E-state index in [-0.39, 0.29) is 33.3 Å². The van der Waals surface area contributed by atoms with Crippen molar-refractivity contribution >= 4 is 19.3 Å². The van der Waals surface area contributed by atoms with Gasteiger partial charge >= 0.3 is 0 Å². The van der Waals surface area contributed by atoms with Gasteiger partial charge in [-0.05, 0) is 18.1 Å². The van der Waals surface area contributed by atoms with Crippen LogP contribution in [0.1, 0.15) is 20.8 Å². The highest BCUT2D eigenvalue weighted by Crippen LogP contribution is 2.41. The highest BCUT2D eigenvalue weighted by Gasteiger charge is 2.40. The molecular weight excluding hydrogens is 360 g/mol. The summed E-state index contributed by atoms with van der Waals surface area (Å²) in [6, 6.07) is 11.6. The van der Waals surface area contributed by atoms with Crippen molar-refractivity contribution in [2.45, 2.75) is 38.9 Å². The summed E-state index contributed by atoms with van der Waals surface area (Å²) in [4.78, 5) is 13.3. The normalized spacial score (nSPS) is 12.3. The SMILES string of the molecule is CC(C)(C)[Si](C)(C)Oc1c(-c2ccccc2)oc2cc(O)cc(O)c2c1=O. The first-order valence-electron chi connectivity index (χ1n) is 8.78. The molecule has 0 aliphatic rings. The van der Waals surface area contributed by atoms with Crippen molar-refractivity contribution in [2.24, 2.45) is 0 Å². The molecule has 1 heterocycles. The van der Waals surface area contributed by atoms with E-state index in [1.165, 1.54) is 6.07 Å². The summed E-state index contributed by atoms with van der Waals surface area (Å²) in [6.07, 6.45) is 0. The third-order valence-electron chi connectivity index (χ3n) is 5.12. The molecule has 0 radical (unpaired) electrons. The minimum absolute atomic E-state index is 0.00110. The second kappa shape index (κ2) is 6.46. The minimum atomic E-state index is -2.35. The van der Waals surface area contributed by atoms with Gasteiger partial charge in [-0.3, -0.25) is 4.79 Å². The number of rotatable bonds is 3. The molecule has 0 amide bonds. The predicted octanol–water partition coefficient (Wildman–Crippen LogP) is 5.26. The highest BCUT2D eigenvalue weighted by molar-refractivity contribution is 6.74. The fourth-order valence-corrected chi connectivity index (χ4v) is 3.55. The zero-order valence-electron chi connectivity index (χ0n) is 16.2. The third-order valence-corrected chi connectivity index (χ3v) is 9.44. The molecule has 0 aliphatic heterocycles. The van der Waals surface area contributed by atoms with E-state index in [9.17, 15) is 15.0 Å². The van der Waals surface area contributed by atoms with Gasteiger partial charge in [-0.1, -0.05) is 51.1 Å². The van der Waals surface area contributed by atoms with E-state index in [1.54, 1.807) is 0 Å². The van der Waals surface area contributed by atoms with Crippen molar-refractivity contribution in [1.29, 1.82) is 0 Å². The third kappa shape index (κ3) is 3.45. The fourth-order valence-electron chi connectivity index (χ4n) is 2.55. The molecule has 5 nitrogen and oxygen atoms in total. The van der Waals surface area contributed by atoms with E-state index in [1.807, 2.05) is 43.4 Å². The number of phenols is 2. The quantitative estimate of drug-likeness (QED) is 0.603. The molecule has 2 N–H and O–H groups in total. The van der Waals surface area contributed by atoms with Crippen molar-refractivity contribution in [3.8, 4) is 28.6 Å². The van der Waals surface area contributed by atoms with Crippen molar-refractivity contribution in [1.82, 2.24) is 0 Å². The summed E-state index contributed by atoms with van der Waals surface area (Å²) in [5.74, 6) is -0.122. The van der Waals surface area contributed by atoms with E-state index >= 15 is 0 Å². The molecule has 0 saturated heterocycles. The molecule has 0 saturated carbocycles. The van der Waals surface area contributed by atoms with Crippen LogP contribution >= 0.6 is 0 Å². The zero-order valence-corrected chi connectivity index (χ0v) is 17.2. The molecular formula is C21H24O5Si. The Morgan fingerprint density at radius 3 is 2.26 bits per heavy atom. The number of hydrogen-bond acceptors (Lipinski definition) is 5. The largest absolute Gasteiger partial charge is 0.538 e. The minimum Gasteiger partial charge on any atom is -0.538 e. The van der Waals surface area contributed by atoms with E-state index in [0.29, 0.717) is 11.3 Å². The standard InChI is InChI=1S/C21H24O5Si/c1-21(2,3)27(4,5)26-20-18(24)17-15(23)11-14(22)12-16(17)25-19(20)13-9-7-6-8-10-13/h6-12,22-23H,1-5H3. The molecule has 142 valence electrons. The molecule has 0 atom stereocenters. The van der Waals surface area contributed by atoms with Crippen LogP contribution in [0.25, 0.3) is 22.3 Å². The van der Waals surface area contributed by atoms with Crippen LogP contribution in [0.2, 0.25) is 18.1 Å². The summed E-state index contributed by atoms with van der Waals surface area (Å²) in [5.41, 5.74) is 0.351. The monoisotopic (exact) mass is 384 g/mol. The molecule has 27 heavy (non-hydrogen) atoms. The summed E-state index contributed by atoms with van der Waals surface area (Å²) >= 11 is 0. The van der Waals surface area contributed by atoms with Gasteiger partial charge in [0.15, 0.2) is 11.5 Å². The topological polar surface area (TPSA) is 79.9 Å². The van der Waals surface area contributed by atoms with Crippen molar-refractivity contribution in [3.05, 3.63) is 52.7 Å². The summed E-state index contributed by atoms with van der Waals surface area (Å²) < 4.78 is 12.3. The summed E-state index contributed by atoms with van der Waals surface area (Å²) in [6.45, 7) is 10.3. The number of benzene rings is 2. The number of aromatic hydroxyl groups is 2. The second-order valence-corrected chi connectivity index (χ2v) is 12.9. The lowest BCUT2D eigenvalue weighted by Crippen LogP contribution is -2.45. The maximum Gasteiger partial charge on any atom is 0.250 e. The average molecular weight is 385 g/mol. The Bertz CT molecular complexity index is 1050. The van der Waals surface area contributed by atoms with E-state index in [0.717, 1.165) is 6.07 Å². The molecule has 0 aliphatic carbocycles. The van der Waals surface area contributed by atoms with Crippen LogP contribution < -0.4 is 9.85 Å². The summed E-state index contributed by atoms with van der Waals surface area (Å²) in [7, 11) is -2.35. The number of fused-ring (bicyclic) bond motifs is 1. The Balaban J connectivity index is 2.36. The Labute approximate surface area is 159 Å². The molecule has 0 spiro atoms. The summed E-state index contributed by atoms with van der Waals surface area (Å²) in [5, 5.41) is 19.9. The van der Waals surface area contributed by atoms with Crippen molar-refractivity contribution < 1.29 is 19.1 Å². The van der Waals surface area contributed by atoms with Crippen molar-refractivity contribution in [2.75, 3.05) is 0 Å². The molecule has 2 aromatic carbocycles. The smallest absolute Gasteiger partial charge is 0.250 e. The fraction of sp³-hybridized carbons (Fsp3) is 0.286. The highest BCUT2D eigenvalue weighted by atomic mass is 28.4. The maximum absolute atomic E-state index is 13.3. The van der Waals surface area contributed by atoms with Gasteiger partial charge in [0.1, 0.15) is 22.5 Å². The van der Waals surface area contributed by atoms with Gasteiger partial charge in [-0.25, -0.2) is 0 Å². The van der Waals surface area contributed by atoms with Crippen LogP contribution in [0.15, 0.2) is 51.7 Å². The molecule has 3 rings (SSSR count). The van der Waals surface area contributed by atoms with Gasteiger partial charge in [0.25, 0.3) is 8.32 Å². The maximum atomic E-state index is 13.3. The molecule has 0 fully saturated rings. The lowest BCUT2D eigenvalue weighted by atomic mass is 10.1. The lowest BCUT2D eigenvalue weighted by Gasteiger charge is -2.36. The van der Waals surface area contributed by atoms with Crippen LogP contribution in [-0.2, 0) is 0 Å². The van der Waals surface area contributed by atoms with E-state index in [4.69, 9.17) is 8.84 Å². The van der Waals surface area contributed by atoms with Gasteiger partial charge in [-0.15, -0.1) is 0 Å². The van der Waals surface area contributed by atoms with Gasteiger partial charge in [0.2, 0.25) is 5.43 Å². The van der Waals surface area contributed by atoms with Crippen LogP contribution in [0.3, 0.4) is 0 Å². The van der Waals surface area contributed by atoms with Crippen LogP contribution in [0, 0.1) is 0 Å². The Hall–Kier alpha value is -2.73.